The lowest BCUT2D eigenvalue weighted by Gasteiger charge is -2.09. The highest BCUT2D eigenvalue weighted by Crippen LogP contribution is 2.33. The maximum absolute atomic E-state index is 12.2. The van der Waals surface area contributed by atoms with Crippen molar-refractivity contribution in [3.63, 3.8) is 0 Å². The molecule has 144 valence electrons. The molecule has 1 heterocycles. The second kappa shape index (κ2) is 8.81. The number of aliphatic imine (C=N–C) groups is 1. The molecular formula is C19H15ClN2O5S. The van der Waals surface area contributed by atoms with Gasteiger partial charge in [-0.05, 0) is 47.7 Å². The third-order valence-electron chi connectivity index (χ3n) is 3.56. The Hall–Kier alpha value is -2.97. The fraction of sp³-hybridized carbons (Fsp3) is 0.105. The van der Waals surface area contributed by atoms with Crippen molar-refractivity contribution in [2.24, 2.45) is 4.99 Å². The van der Waals surface area contributed by atoms with Crippen molar-refractivity contribution in [2.45, 2.75) is 0 Å². The molecule has 2 aromatic rings. The summed E-state index contributed by atoms with van der Waals surface area (Å²) in [6.45, 7) is -0.475. The van der Waals surface area contributed by atoms with E-state index in [1.54, 1.807) is 42.5 Å². The summed E-state index contributed by atoms with van der Waals surface area (Å²) in [7, 11) is 1.45. The van der Waals surface area contributed by atoms with Crippen molar-refractivity contribution in [2.75, 3.05) is 13.7 Å². The highest BCUT2D eigenvalue weighted by molar-refractivity contribution is 8.18. The summed E-state index contributed by atoms with van der Waals surface area (Å²) in [5.74, 6) is -0.695. The van der Waals surface area contributed by atoms with E-state index in [2.05, 4.69) is 10.3 Å². The number of carbonyl (C=O) groups is 2. The molecule has 3 rings (SSSR count). The van der Waals surface area contributed by atoms with Crippen molar-refractivity contribution in [3.05, 3.63) is 58.0 Å². The van der Waals surface area contributed by atoms with Gasteiger partial charge in [0.05, 0.1) is 22.7 Å². The van der Waals surface area contributed by atoms with E-state index in [0.29, 0.717) is 37.8 Å². The van der Waals surface area contributed by atoms with E-state index in [1.807, 2.05) is 6.07 Å². The van der Waals surface area contributed by atoms with Crippen LogP contribution in [-0.2, 0) is 9.59 Å². The molecule has 9 heteroatoms. The average molecular weight is 419 g/mol. The van der Waals surface area contributed by atoms with E-state index in [-0.39, 0.29) is 5.91 Å². The predicted octanol–water partition coefficient (Wildman–Crippen LogP) is 3.70. The fourth-order valence-corrected chi connectivity index (χ4v) is 3.33. The minimum Gasteiger partial charge on any atom is -0.493 e. The molecule has 1 aliphatic rings. The number of carboxylic acids is 1. The third-order valence-corrected chi connectivity index (χ3v) is 4.79. The summed E-state index contributed by atoms with van der Waals surface area (Å²) in [6, 6.07) is 12.0. The first kappa shape index (κ1) is 19.8. The highest BCUT2D eigenvalue weighted by Gasteiger charge is 2.24. The van der Waals surface area contributed by atoms with Crippen LogP contribution in [0.3, 0.4) is 0 Å². The number of ether oxygens (including phenoxy) is 2. The van der Waals surface area contributed by atoms with Crippen molar-refractivity contribution in [1.29, 1.82) is 0 Å². The van der Waals surface area contributed by atoms with Crippen molar-refractivity contribution >= 4 is 52.2 Å². The fourth-order valence-electron chi connectivity index (χ4n) is 2.32. The number of methoxy groups -OCH3 is 1. The number of thioether (sulfide) groups is 1. The third kappa shape index (κ3) is 4.85. The van der Waals surface area contributed by atoms with E-state index in [4.69, 9.17) is 26.2 Å². The van der Waals surface area contributed by atoms with Gasteiger partial charge in [-0.3, -0.25) is 4.79 Å². The number of benzene rings is 2. The monoisotopic (exact) mass is 418 g/mol. The lowest BCUT2D eigenvalue weighted by Crippen LogP contribution is -2.19. The number of nitrogens with zero attached hydrogens (tertiary/aromatic N) is 1. The van der Waals surface area contributed by atoms with E-state index in [0.717, 1.165) is 0 Å². The molecule has 0 saturated carbocycles. The van der Waals surface area contributed by atoms with Gasteiger partial charge in [-0.1, -0.05) is 29.8 Å². The number of amidine groups is 1. The normalized spacial score (nSPS) is 16.3. The standard InChI is InChI=1S/C19H15ClN2O5S/c1-26-15-8-11(6-7-14(15)27-10-17(23)24)9-16-18(25)22-19(28-16)21-13-5-3-2-4-12(13)20/h2-9H,10H2,1H3,(H,23,24)(H,21,22,25)/b16-9+. The highest BCUT2D eigenvalue weighted by atomic mass is 35.5. The smallest absolute Gasteiger partial charge is 0.341 e. The molecule has 7 nitrogen and oxygen atoms in total. The number of hydrogen-bond donors (Lipinski definition) is 2. The maximum atomic E-state index is 12.2. The quantitative estimate of drug-likeness (QED) is 0.694. The summed E-state index contributed by atoms with van der Waals surface area (Å²) in [5, 5.41) is 12.3. The number of carboxylic acid groups (broad SMARTS) is 1. The summed E-state index contributed by atoms with van der Waals surface area (Å²) in [5.41, 5.74) is 1.26. The molecular weight excluding hydrogens is 404 g/mol. The van der Waals surface area contributed by atoms with Gasteiger partial charge in [-0.2, -0.15) is 0 Å². The zero-order chi connectivity index (χ0) is 20.1. The molecule has 0 bridgehead atoms. The van der Waals surface area contributed by atoms with Gasteiger partial charge in [0.25, 0.3) is 5.91 Å². The SMILES string of the molecule is COc1cc(/C=C2/SC(=Nc3ccccc3Cl)NC2=O)ccc1OCC(=O)O. The zero-order valence-electron chi connectivity index (χ0n) is 14.6. The van der Waals surface area contributed by atoms with E-state index < -0.39 is 12.6 Å². The maximum Gasteiger partial charge on any atom is 0.341 e. The molecule has 0 radical (unpaired) electrons. The molecule has 28 heavy (non-hydrogen) atoms. The van der Waals surface area contributed by atoms with Crippen LogP contribution in [0, 0.1) is 0 Å². The number of para-hydroxylation sites is 1. The summed E-state index contributed by atoms with van der Waals surface area (Å²) >= 11 is 7.28. The Morgan fingerprint density at radius 1 is 1.29 bits per heavy atom. The molecule has 0 spiro atoms. The summed E-state index contributed by atoms with van der Waals surface area (Å²) < 4.78 is 10.4. The molecule has 1 aliphatic heterocycles. The molecule has 0 aromatic heterocycles. The first-order valence-electron chi connectivity index (χ1n) is 8.03. The second-order valence-corrected chi connectivity index (χ2v) is 6.96. The predicted molar refractivity (Wildman–Crippen MR) is 108 cm³/mol. The first-order valence-corrected chi connectivity index (χ1v) is 9.22. The van der Waals surface area contributed by atoms with Gasteiger partial charge in [0.2, 0.25) is 0 Å². The van der Waals surface area contributed by atoms with Gasteiger partial charge in [0.1, 0.15) is 0 Å². The molecule has 0 unspecified atom stereocenters. The Bertz CT molecular complexity index is 990. The summed E-state index contributed by atoms with van der Waals surface area (Å²) in [6.07, 6.45) is 1.68. The van der Waals surface area contributed by atoms with Crippen LogP contribution in [-0.4, -0.2) is 35.9 Å². The van der Waals surface area contributed by atoms with Crippen LogP contribution in [0.15, 0.2) is 52.4 Å². The van der Waals surface area contributed by atoms with Crippen LogP contribution in [0.25, 0.3) is 6.08 Å². The Balaban J connectivity index is 1.80. The lowest BCUT2D eigenvalue weighted by molar-refractivity contribution is -0.139. The van der Waals surface area contributed by atoms with Gasteiger partial charge in [-0.25, -0.2) is 9.79 Å². The van der Waals surface area contributed by atoms with Crippen LogP contribution in [0.1, 0.15) is 5.56 Å². The van der Waals surface area contributed by atoms with Gasteiger partial charge in [0, 0.05) is 0 Å². The van der Waals surface area contributed by atoms with E-state index in [1.165, 1.54) is 18.9 Å². The van der Waals surface area contributed by atoms with Crippen LogP contribution in [0.2, 0.25) is 5.02 Å². The Morgan fingerprint density at radius 2 is 2.07 bits per heavy atom. The molecule has 0 atom stereocenters. The van der Waals surface area contributed by atoms with E-state index in [9.17, 15) is 9.59 Å². The van der Waals surface area contributed by atoms with Gasteiger partial charge < -0.3 is 19.9 Å². The van der Waals surface area contributed by atoms with Crippen LogP contribution in [0.5, 0.6) is 11.5 Å². The number of rotatable bonds is 6. The first-order chi connectivity index (χ1) is 13.5. The largest absolute Gasteiger partial charge is 0.493 e. The minimum absolute atomic E-state index is 0.277. The van der Waals surface area contributed by atoms with Crippen LogP contribution in [0.4, 0.5) is 5.69 Å². The molecule has 2 aromatic carbocycles. The van der Waals surface area contributed by atoms with Gasteiger partial charge >= 0.3 is 5.97 Å². The van der Waals surface area contributed by atoms with Gasteiger partial charge in [0.15, 0.2) is 23.3 Å². The van der Waals surface area contributed by atoms with Gasteiger partial charge in [-0.15, -0.1) is 0 Å². The minimum atomic E-state index is -1.09. The second-order valence-electron chi connectivity index (χ2n) is 5.53. The van der Waals surface area contributed by atoms with E-state index >= 15 is 0 Å². The number of nitrogens with one attached hydrogen (secondary N) is 1. The Morgan fingerprint density at radius 3 is 2.79 bits per heavy atom. The van der Waals surface area contributed by atoms with Crippen molar-refractivity contribution in [1.82, 2.24) is 5.32 Å². The molecule has 0 aliphatic carbocycles. The Kier molecular flexibility index (Phi) is 6.23. The lowest BCUT2D eigenvalue weighted by atomic mass is 10.2. The van der Waals surface area contributed by atoms with Crippen LogP contribution < -0.4 is 14.8 Å². The summed E-state index contributed by atoms with van der Waals surface area (Å²) in [4.78, 5) is 27.7. The van der Waals surface area contributed by atoms with Crippen LogP contribution >= 0.6 is 23.4 Å². The molecule has 1 saturated heterocycles. The molecule has 2 N–H and O–H groups in total. The topological polar surface area (TPSA) is 97.2 Å². The number of aliphatic carboxylic acids is 1. The number of halogens is 1. The number of hydrogen-bond acceptors (Lipinski definition) is 6. The number of carbonyl (C=O) groups excluding carboxylic acids is 1. The Labute approximate surface area is 170 Å². The molecule has 1 amide bonds. The van der Waals surface area contributed by atoms with Crippen molar-refractivity contribution in [3.8, 4) is 11.5 Å². The van der Waals surface area contributed by atoms with Crippen molar-refractivity contribution < 1.29 is 24.2 Å². The number of amides is 1. The molecule has 1 fully saturated rings. The zero-order valence-corrected chi connectivity index (χ0v) is 16.2. The average Bonchev–Trinajstić information content (AvgIpc) is 3.01.